The fourth-order valence-corrected chi connectivity index (χ4v) is 2.73. The van der Waals surface area contributed by atoms with Gasteiger partial charge in [0.1, 0.15) is 0 Å². The van der Waals surface area contributed by atoms with Crippen LogP contribution in [0.3, 0.4) is 0 Å². The lowest BCUT2D eigenvalue weighted by Gasteiger charge is -2.23. The predicted octanol–water partition coefficient (Wildman–Crippen LogP) is 2.97. The Kier molecular flexibility index (Phi) is 5.83. The SMILES string of the molecule is CC(C)Cc1ccc(C(NC(=O)N(C)CCO)C2CC2)cc1. The second-order valence-electron chi connectivity index (χ2n) is 6.75. The van der Waals surface area contributed by atoms with Gasteiger partial charge in [0.05, 0.1) is 12.6 Å². The van der Waals surface area contributed by atoms with Crippen molar-refractivity contribution < 1.29 is 9.90 Å². The van der Waals surface area contributed by atoms with Crippen molar-refractivity contribution in [1.82, 2.24) is 10.2 Å². The fraction of sp³-hybridized carbons (Fsp3) is 0.611. The zero-order valence-corrected chi connectivity index (χ0v) is 13.9. The molecule has 1 aromatic carbocycles. The molecule has 0 bridgehead atoms. The Hall–Kier alpha value is -1.55. The highest BCUT2D eigenvalue weighted by Gasteiger charge is 2.33. The van der Waals surface area contributed by atoms with Crippen molar-refractivity contribution in [3.05, 3.63) is 35.4 Å². The highest BCUT2D eigenvalue weighted by molar-refractivity contribution is 5.74. The number of likely N-dealkylation sites (N-methyl/N-ethyl adjacent to an activating group) is 1. The molecule has 22 heavy (non-hydrogen) atoms. The molecule has 2 rings (SSSR count). The largest absolute Gasteiger partial charge is 0.395 e. The van der Waals surface area contributed by atoms with Crippen LogP contribution in [0.4, 0.5) is 4.79 Å². The molecule has 0 spiro atoms. The summed E-state index contributed by atoms with van der Waals surface area (Å²) in [6, 6.07) is 8.61. The summed E-state index contributed by atoms with van der Waals surface area (Å²) in [6.07, 6.45) is 3.42. The van der Waals surface area contributed by atoms with Crippen LogP contribution in [-0.4, -0.2) is 36.2 Å². The number of benzene rings is 1. The van der Waals surface area contributed by atoms with Crippen LogP contribution in [0.5, 0.6) is 0 Å². The third-order valence-electron chi connectivity index (χ3n) is 4.14. The van der Waals surface area contributed by atoms with E-state index in [1.807, 2.05) is 0 Å². The van der Waals surface area contributed by atoms with Gasteiger partial charge in [0.2, 0.25) is 0 Å². The molecule has 1 aromatic rings. The molecule has 1 saturated carbocycles. The van der Waals surface area contributed by atoms with Gasteiger partial charge < -0.3 is 15.3 Å². The topological polar surface area (TPSA) is 52.6 Å². The third-order valence-corrected chi connectivity index (χ3v) is 4.14. The highest BCUT2D eigenvalue weighted by atomic mass is 16.3. The highest BCUT2D eigenvalue weighted by Crippen LogP contribution is 2.41. The number of carbonyl (C=O) groups is 1. The molecule has 2 amide bonds. The first kappa shape index (κ1) is 16.8. The zero-order valence-electron chi connectivity index (χ0n) is 13.9. The van der Waals surface area contributed by atoms with Gasteiger partial charge in [0, 0.05) is 13.6 Å². The molecule has 0 radical (unpaired) electrons. The minimum absolute atomic E-state index is 0.0120. The van der Waals surface area contributed by atoms with Crippen LogP contribution in [0.1, 0.15) is 43.9 Å². The van der Waals surface area contributed by atoms with Gasteiger partial charge in [-0.3, -0.25) is 0 Å². The molecule has 1 fully saturated rings. The molecule has 0 aliphatic heterocycles. The predicted molar refractivity (Wildman–Crippen MR) is 88.7 cm³/mol. The number of hydrogen-bond acceptors (Lipinski definition) is 2. The van der Waals surface area contributed by atoms with E-state index < -0.39 is 0 Å². The summed E-state index contributed by atoms with van der Waals surface area (Å²) in [5.74, 6) is 1.19. The quantitative estimate of drug-likeness (QED) is 0.813. The van der Waals surface area contributed by atoms with Crippen molar-refractivity contribution in [2.24, 2.45) is 11.8 Å². The molecule has 0 saturated heterocycles. The van der Waals surface area contributed by atoms with Gasteiger partial charge in [0.15, 0.2) is 0 Å². The Morgan fingerprint density at radius 1 is 1.32 bits per heavy atom. The molecule has 1 unspecified atom stereocenters. The number of urea groups is 1. The van der Waals surface area contributed by atoms with Crippen molar-refractivity contribution in [1.29, 1.82) is 0 Å². The Bertz CT molecular complexity index is 480. The third kappa shape index (κ3) is 4.73. The van der Waals surface area contributed by atoms with Crippen LogP contribution in [0.2, 0.25) is 0 Å². The van der Waals surface area contributed by atoms with Crippen LogP contribution in [-0.2, 0) is 6.42 Å². The van der Waals surface area contributed by atoms with Crippen LogP contribution in [0.25, 0.3) is 0 Å². The molecule has 4 heteroatoms. The molecule has 1 aliphatic rings. The van der Waals surface area contributed by atoms with E-state index in [0.29, 0.717) is 18.4 Å². The van der Waals surface area contributed by atoms with Crippen molar-refractivity contribution in [2.75, 3.05) is 20.2 Å². The first-order valence-electron chi connectivity index (χ1n) is 8.22. The van der Waals surface area contributed by atoms with Gasteiger partial charge in [-0.25, -0.2) is 4.79 Å². The Morgan fingerprint density at radius 2 is 1.95 bits per heavy atom. The summed E-state index contributed by atoms with van der Waals surface area (Å²) >= 11 is 0. The van der Waals surface area contributed by atoms with Crippen LogP contribution < -0.4 is 5.32 Å². The number of aliphatic hydroxyl groups is 1. The lowest BCUT2D eigenvalue weighted by Crippen LogP contribution is -2.41. The smallest absolute Gasteiger partial charge is 0.317 e. The molecule has 1 atom stereocenters. The molecule has 1 aliphatic carbocycles. The van der Waals surface area contributed by atoms with E-state index in [0.717, 1.165) is 6.42 Å². The minimum atomic E-state index is -0.114. The van der Waals surface area contributed by atoms with Gasteiger partial charge in [-0.1, -0.05) is 38.1 Å². The maximum atomic E-state index is 12.2. The van der Waals surface area contributed by atoms with E-state index in [1.54, 1.807) is 7.05 Å². The van der Waals surface area contributed by atoms with Crippen LogP contribution >= 0.6 is 0 Å². The van der Waals surface area contributed by atoms with Crippen molar-refractivity contribution in [3.63, 3.8) is 0 Å². The van der Waals surface area contributed by atoms with Gasteiger partial charge in [-0.2, -0.15) is 0 Å². The van der Waals surface area contributed by atoms with E-state index in [9.17, 15) is 4.79 Å². The first-order chi connectivity index (χ1) is 10.5. The van der Waals surface area contributed by atoms with E-state index in [4.69, 9.17) is 5.11 Å². The van der Waals surface area contributed by atoms with Gasteiger partial charge in [-0.05, 0) is 42.2 Å². The van der Waals surface area contributed by atoms with Crippen molar-refractivity contribution in [3.8, 4) is 0 Å². The van der Waals surface area contributed by atoms with Gasteiger partial charge in [0.25, 0.3) is 0 Å². The van der Waals surface area contributed by atoms with E-state index >= 15 is 0 Å². The molecule has 2 N–H and O–H groups in total. The summed E-state index contributed by atoms with van der Waals surface area (Å²) in [4.78, 5) is 13.7. The summed E-state index contributed by atoms with van der Waals surface area (Å²) in [6.45, 7) is 4.79. The molecule has 0 heterocycles. The van der Waals surface area contributed by atoms with Gasteiger partial charge >= 0.3 is 6.03 Å². The molecular weight excluding hydrogens is 276 g/mol. The standard InChI is InChI=1S/C18H28N2O2/c1-13(2)12-14-4-6-15(7-5-14)17(16-8-9-16)19-18(22)20(3)10-11-21/h4-7,13,16-17,21H,8-12H2,1-3H3,(H,19,22). The number of aliphatic hydroxyl groups excluding tert-OH is 1. The number of carbonyl (C=O) groups excluding carboxylic acids is 1. The second kappa shape index (κ2) is 7.63. The Morgan fingerprint density at radius 3 is 2.45 bits per heavy atom. The van der Waals surface area contributed by atoms with Gasteiger partial charge in [-0.15, -0.1) is 0 Å². The molecule has 0 aromatic heterocycles. The van der Waals surface area contributed by atoms with Crippen LogP contribution in [0.15, 0.2) is 24.3 Å². The number of nitrogens with one attached hydrogen (secondary N) is 1. The number of hydrogen-bond donors (Lipinski definition) is 2. The molecular formula is C18H28N2O2. The maximum Gasteiger partial charge on any atom is 0.317 e. The van der Waals surface area contributed by atoms with Crippen molar-refractivity contribution in [2.45, 2.75) is 39.2 Å². The minimum Gasteiger partial charge on any atom is -0.395 e. The average Bonchev–Trinajstić information content (AvgIpc) is 3.29. The Balaban J connectivity index is 2.03. The van der Waals surface area contributed by atoms with Crippen molar-refractivity contribution >= 4 is 6.03 Å². The lowest BCUT2D eigenvalue weighted by atomic mass is 9.97. The number of amides is 2. The zero-order chi connectivity index (χ0) is 16.1. The second-order valence-corrected chi connectivity index (χ2v) is 6.75. The van der Waals surface area contributed by atoms with E-state index in [-0.39, 0.29) is 18.7 Å². The number of nitrogens with zero attached hydrogens (tertiary/aromatic N) is 1. The first-order valence-corrected chi connectivity index (χ1v) is 8.22. The monoisotopic (exact) mass is 304 g/mol. The average molecular weight is 304 g/mol. The fourth-order valence-electron chi connectivity index (χ4n) is 2.73. The summed E-state index contributed by atoms with van der Waals surface area (Å²) in [5, 5.41) is 12.1. The number of rotatable bonds is 7. The van der Waals surface area contributed by atoms with Crippen LogP contribution in [0, 0.1) is 11.8 Å². The lowest BCUT2D eigenvalue weighted by molar-refractivity contribution is 0.186. The summed E-state index contributed by atoms with van der Waals surface area (Å²) < 4.78 is 0. The normalized spacial score (nSPS) is 15.7. The molecule has 4 nitrogen and oxygen atoms in total. The summed E-state index contributed by atoms with van der Waals surface area (Å²) in [7, 11) is 1.71. The Labute approximate surface area is 133 Å². The van der Waals surface area contributed by atoms with E-state index in [2.05, 4.69) is 43.4 Å². The molecule has 122 valence electrons. The van der Waals surface area contributed by atoms with E-state index in [1.165, 1.54) is 28.9 Å². The summed E-state index contributed by atoms with van der Waals surface area (Å²) in [5.41, 5.74) is 2.53. The maximum absolute atomic E-state index is 12.2.